The van der Waals surface area contributed by atoms with E-state index in [0.29, 0.717) is 0 Å². The largest absolute Gasteiger partial charge is 0.397 e. The van der Waals surface area contributed by atoms with Crippen molar-refractivity contribution in [2.75, 3.05) is 0 Å². The second-order valence-electron chi connectivity index (χ2n) is 5.58. The maximum atomic E-state index is 9.52. The van der Waals surface area contributed by atoms with E-state index in [9.17, 15) is 5.26 Å². The Morgan fingerprint density at radius 1 is 1.11 bits per heavy atom. The van der Waals surface area contributed by atoms with Crippen molar-refractivity contribution in [3.63, 3.8) is 0 Å². The van der Waals surface area contributed by atoms with E-state index in [1.54, 1.807) is 0 Å². The molecule has 1 aromatic carbocycles. The fourth-order valence-electron chi connectivity index (χ4n) is 3.64. The van der Waals surface area contributed by atoms with Crippen LogP contribution in [0.1, 0.15) is 43.2 Å². The lowest BCUT2D eigenvalue weighted by Gasteiger charge is -2.41. The molecular formula is C16H18N2. The van der Waals surface area contributed by atoms with Gasteiger partial charge in [-0.25, -0.2) is 0 Å². The van der Waals surface area contributed by atoms with E-state index in [1.807, 2.05) is 12.1 Å². The average molecular weight is 238 g/mol. The molecule has 0 saturated heterocycles. The molecule has 3 rings (SSSR count). The van der Waals surface area contributed by atoms with Gasteiger partial charge >= 0.3 is 0 Å². The first-order valence-corrected chi connectivity index (χ1v) is 6.75. The fourth-order valence-corrected chi connectivity index (χ4v) is 3.64. The first kappa shape index (κ1) is 11.3. The lowest BCUT2D eigenvalue weighted by molar-refractivity contribution is 0.242. The Morgan fingerprint density at radius 3 is 2.56 bits per heavy atom. The van der Waals surface area contributed by atoms with Crippen LogP contribution in [-0.4, -0.2) is 0 Å². The maximum Gasteiger partial charge on any atom is 0.0975 e. The van der Waals surface area contributed by atoms with Crippen LogP contribution in [0.15, 0.2) is 29.8 Å². The summed E-state index contributed by atoms with van der Waals surface area (Å²) in [5.74, 6) is 0. The number of hydrogen-bond acceptors (Lipinski definition) is 2. The summed E-state index contributed by atoms with van der Waals surface area (Å²) in [4.78, 5) is 0. The predicted molar refractivity (Wildman–Crippen MR) is 72.4 cm³/mol. The highest BCUT2D eigenvalue weighted by Crippen LogP contribution is 2.49. The number of allylic oxidation sites excluding steroid dienone is 1. The molecule has 0 atom stereocenters. The summed E-state index contributed by atoms with van der Waals surface area (Å²) in [5.41, 5.74) is 10.3. The number of nitriles is 1. The molecule has 1 spiro atoms. The summed E-state index contributed by atoms with van der Waals surface area (Å²) >= 11 is 0. The molecule has 0 aromatic heterocycles. The summed E-state index contributed by atoms with van der Waals surface area (Å²) in [6.45, 7) is 0. The van der Waals surface area contributed by atoms with Gasteiger partial charge in [-0.15, -0.1) is 0 Å². The molecule has 1 saturated carbocycles. The normalized spacial score (nSPS) is 21.5. The van der Waals surface area contributed by atoms with Gasteiger partial charge in [0.25, 0.3) is 0 Å². The Morgan fingerprint density at radius 2 is 1.83 bits per heavy atom. The van der Waals surface area contributed by atoms with Crippen molar-refractivity contribution in [2.45, 2.75) is 38.5 Å². The van der Waals surface area contributed by atoms with Gasteiger partial charge in [-0.2, -0.15) is 5.26 Å². The molecule has 92 valence electrons. The Bertz CT molecular complexity index is 542. The van der Waals surface area contributed by atoms with Crippen LogP contribution in [-0.2, 0) is 6.42 Å². The Kier molecular flexibility index (Phi) is 2.63. The molecule has 1 fully saturated rings. The van der Waals surface area contributed by atoms with Gasteiger partial charge in [0.2, 0.25) is 0 Å². The number of nitrogens with two attached hydrogens (primary N) is 1. The molecule has 18 heavy (non-hydrogen) atoms. The third-order valence-electron chi connectivity index (χ3n) is 4.56. The quantitative estimate of drug-likeness (QED) is 0.753. The van der Waals surface area contributed by atoms with Crippen molar-refractivity contribution in [3.8, 4) is 6.07 Å². The molecule has 0 radical (unpaired) electrons. The second-order valence-corrected chi connectivity index (χ2v) is 5.58. The van der Waals surface area contributed by atoms with Gasteiger partial charge in [0, 0.05) is 11.0 Å². The molecule has 0 aliphatic heterocycles. The van der Waals surface area contributed by atoms with Gasteiger partial charge in [-0.05, 0) is 24.8 Å². The predicted octanol–water partition coefficient (Wildman–Crippen LogP) is 3.39. The van der Waals surface area contributed by atoms with E-state index in [4.69, 9.17) is 5.73 Å². The van der Waals surface area contributed by atoms with E-state index in [2.05, 4.69) is 18.2 Å². The van der Waals surface area contributed by atoms with Crippen molar-refractivity contribution in [1.82, 2.24) is 0 Å². The summed E-state index contributed by atoms with van der Waals surface area (Å²) < 4.78 is 0. The number of rotatable bonds is 0. The second kappa shape index (κ2) is 4.17. The third-order valence-corrected chi connectivity index (χ3v) is 4.56. The SMILES string of the molecule is N#CC1=C(N)c2ccccc2CC12CCCCC2. The van der Waals surface area contributed by atoms with Gasteiger partial charge in [-0.3, -0.25) is 0 Å². The van der Waals surface area contributed by atoms with Gasteiger partial charge in [-0.1, -0.05) is 43.5 Å². The highest BCUT2D eigenvalue weighted by molar-refractivity contribution is 5.75. The Hall–Kier alpha value is -1.75. The van der Waals surface area contributed by atoms with Crippen LogP contribution in [0, 0.1) is 16.7 Å². The maximum absolute atomic E-state index is 9.52. The zero-order valence-corrected chi connectivity index (χ0v) is 10.6. The van der Waals surface area contributed by atoms with Gasteiger partial charge in [0.05, 0.1) is 17.3 Å². The van der Waals surface area contributed by atoms with Crippen LogP contribution in [0.5, 0.6) is 0 Å². The average Bonchev–Trinajstić information content (AvgIpc) is 2.40. The number of benzene rings is 1. The van der Waals surface area contributed by atoms with Crippen molar-refractivity contribution >= 4 is 5.70 Å². The van der Waals surface area contributed by atoms with Crippen LogP contribution in [0.3, 0.4) is 0 Å². The molecule has 2 N–H and O–H groups in total. The summed E-state index contributed by atoms with van der Waals surface area (Å²) in [7, 11) is 0. The first-order chi connectivity index (χ1) is 8.77. The standard InChI is InChI=1S/C16H18N2/c17-11-14-15(18)13-7-3-2-6-12(13)10-16(14)8-4-1-5-9-16/h2-3,6-7H,1,4-5,8-10,18H2. The molecule has 1 aromatic rings. The molecule has 0 bridgehead atoms. The lowest BCUT2D eigenvalue weighted by Crippen LogP contribution is -2.34. The smallest absolute Gasteiger partial charge is 0.0975 e. The third kappa shape index (κ3) is 1.54. The van der Waals surface area contributed by atoms with Crippen LogP contribution < -0.4 is 5.73 Å². The van der Waals surface area contributed by atoms with Crippen LogP contribution in [0.25, 0.3) is 5.70 Å². The zero-order valence-electron chi connectivity index (χ0n) is 10.6. The molecule has 0 heterocycles. The number of hydrogen-bond donors (Lipinski definition) is 1. The topological polar surface area (TPSA) is 49.8 Å². The highest BCUT2D eigenvalue weighted by atomic mass is 14.6. The zero-order chi connectivity index (χ0) is 12.6. The Labute approximate surface area is 108 Å². The van der Waals surface area contributed by atoms with E-state index in [1.165, 1.54) is 24.8 Å². The van der Waals surface area contributed by atoms with Crippen molar-refractivity contribution in [3.05, 3.63) is 41.0 Å². The van der Waals surface area contributed by atoms with Gasteiger partial charge in [0.15, 0.2) is 0 Å². The molecule has 0 unspecified atom stereocenters. The minimum atomic E-state index is 0.0332. The van der Waals surface area contributed by atoms with Crippen molar-refractivity contribution < 1.29 is 0 Å². The van der Waals surface area contributed by atoms with Crippen LogP contribution in [0.4, 0.5) is 0 Å². The number of nitrogens with zero attached hydrogens (tertiary/aromatic N) is 1. The monoisotopic (exact) mass is 238 g/mol. The van der Waals surface area contributed by atoms with Crippen LogP contribution >= 0.6 is 0 Å². The van der Waals surface area contributed by atoms with Crippen molar-refractivity contribution in [2.24, 2.45) is 11.1 Å². The fraction of sp³-hybridized carbons (Fsp3) is 0.438. The van der Waals surface area contributed by atoms with E-state index < -0.39 is 0 Å². The molecule has 2 nitrogen and oxygen atoms in total. The van der Waals surface area contributed by atoms with Crippen LogP contribution in [0.2, 0.25) is 0 Å². The van der Waals surface area contributed by atoms with Gasteiger partial charge < -0.3 is 5.73 Å². The summed E-state index contributed by atoms with van der Waals surface area (Å²) in [6.07, 6.45) is 6.96. The summed E-state index contributed by atoms with van der Waals surface area (Å²) in [5, 5.41) is 9.52. The minimum absolute atomic E-state index is 0.0332. The summed E-state index contributed by atoms with van der Waals surface area (Å²) in [6, 6.07) is 10.7. The lowest BCUT2D eigenvalue weighted by atomic mass is 9.62. The Balaban J connectivity index is 2.16. The van der Waals surface area contributed by atoms with E-state index in [-0.39, 0.29) is 5.41 Å². The molecule has 2 heteroatoms. The highest BCUT2D eigenvalue weighted by Gasteiger charge is 2.41. The van der Waals surface area contributed by atoms with E-state index in [0.717, 1.165) is 36.1 Å². The number of fused-ring (bicyclic) bond motifs is 1. The molecule has 2 aliphatic rings. The first-order valence-electron chi connectivity index (χ1n) is 6.75. The minimum Gasteiger partial charge on any atom is -0.397 e. The molecular weight excluding hydrogens is 220 g/mol. The van der Waals surface area contributed by atoms with Gasteiger partial charge in [0.1, 0.15) is 0 Å². The van der Waals surface area contributed by atoms with E-state index >= 15 is 0 Å². The molecule has 2 aliphatic carbocycles. The molecule has 0 amide bonds. The van der Waals surface area contributed by atoms with Crippen molar-refractivity contribution in [1.29, 1.82) is 5.26 Å².